The van der Waals surface area contributed by atoms with Gasteiger partial charge < -0.3 is 20.1 Å². The molecule has 0 saturated carbocycles. The van der Waals surface area contributed by atoms with Gasteiger partial charge in [0.05, 0.1) is 19.3 Å². The van der Waals surface area contributed by atoms with Gasteiger partial charge in [0, 0.05) is 6.42 Å². The average Bonchev–Trinajstić information content (AvgIpc) is 1.87. The Bertz CT molecular complexity index is 102. The second-order valence-corrected chi connectivity index (χ2v) is 1.74. The molecule has 5 heteroatoms. The van der Waals surface area contributed by atoms with E-state index in [4.69, 9.17) is 15.3 Å². The Hall–Kier alpha value is -0.810. The molecule has 0 heterocycles. The first-order valence-corrected chi connectivity index (χ1v) is 2.81. The van der Waals surface area contributed by atoms with Gasteiger partial charge in [-0.1, -0.05) is 0 Å². The third-order valence-corrected chi connectivity index (χ3v) is 0.887. The number of hydrogen-bond donors (Lipinski definition) is 3. The van der Waals surface area contributed by atoms with Crippen molar-refractivity contribution in [2.75, 3.05) is 13.2 Å². The fourth-order valence-corrected chi connectivity index (χ4v) is 0.374. The Morgan fingerprint density at radius 2 is 2.20 bits per heavy atom. The molecule has 0 aromatic rings. The van der Waals surface area contributed by atoms with E-state index in [1.807, 2.05) is 0 Å². The van der Waals surface area contributed by atoms with Crippen molar-refractivity contribution in [3.63, 3.8) is 0 Å². The van der Waals surface area contributed by atoms with Crippen molar-refractivity contribution < 1.29 is 24.9 Å². The first-order valence-electron chi connectivity index (χ1n) is 2.81. The van der Waals surface area contributed by atoms with Gasteiger partial charge in [-0.3, -0.25) is 0 Å². The molecule has 0 saturated heterocycles. The van der Waals surface area contributed by atoms with Gasteiger partial charge in [-0.15, -0.1) is 0 Å². The van der Waals surface area contributed by atoms with Crippen LogP contribution in [0.15, 0.2) is 0 Å². The zero-order valence-electron chi connectivity index (χ0n) is 5.36. The van der Waals surface area contributed by atoms with Crippen molar-refractivity contribution in [2.24, 2.45) is 0 Å². The maximum absolute atomic E-state index is 9.70. The molecule has 10 heavy (non-hydrogen) atoms. The van der Waals surface area contributed by atoms with Gasteiger partial charge in [-0.05, 0) is 0 Å². The van der Waals surface area contributed by atoms with E-state index in [2.05, 4.69) is 4.74 Å². The summed E-state index contributed by atoms with van der Waals surface area (Å²) < 4.78 is 4.06. The smallest absolute Gasteiger partial charge is 0.450 e. The molecule has 0 spiro atoms. The third-order valence-electron chi connectivity index (χ3n) is 0.887. The first kappa shape index (κ1) is 9.19. The molecule has 0 aliphatic carbocycles. The lowest BCUT2D eigenvalue weighted by molar-refractivity contribution is 0.0488. The second-order valence-electron chi connectivity index (χ2n) is 1.74. The van der Waals surface area contributed by atoms with Crippen LogP contribution in [-0.2, 0) is 4.74 Å². The van der Waals surface area contributed by atoms with E-state index in [-0.39, 0.29) is 19.6 Å². The van der Waals surface area contributed by atoms with Gasteiger partial charge in [-0.2, -0.15) is 0 Å². The van der Waals surface area contributed by atoms with Gasteiger partial charge in [0.25, 0.3) is 0 Å². The van der Waals surface area contributed by atoms with Crippen molar-refractivity contribution in [1.29, 1.82) is 0 Å². The lowest BCUT2D eigenvalue weighted by Crippen LogP contribution is -2.15. The van der Waals surface area contributed by atoms with E-state index in [9.17, 15) is 4.79 Å². The SMILES string of the molecule is O=C(O)OCC[C@H](O)CO. The minimum atomic E-state index is -1.37. The number of aliphatic hydroxyl groups is 2. The molecule has 0 aliphatic heterocycles. The molecule has 0 rings (SSSR count). The van der Waals surface area contributed by atoms with Gasteiger partial charge in [0.2, 0.25) is 0 Å². The number of hydrogen-bond acceptors (Lipinski definition) is 4. The minimum absolute atomic E-state index is 0.0862. The molecule has 5 nitrogen and oxygen atoms in total. The molecular weight excluding hydrogens is 140 g/mol. The summed E-state index contributed by atoms with van der Waals surface area (Å²) in [6.45, 7) is -0.458. The highest BCUT2D eigenvalue weighted by atomic mass is 16.7. The van der Waals surface area contributed by atoms with Crippen molar-refractivity contribution >= 4 is 6.16 Å². The largest absolute Gasteiger partial charge is 0.505 e. The predicted octanol–water partition coefficient (Wildman–Crippen LogP) is -0.576. The topological polar surface area (TPSA) is 87.0 Å². The molecule has 3 N–H and O–H groups in total. The first-order chi connectivity index (χ1) is 4.66. The number of rotatable bonds is 4. The summed E-state index contributed by atoms with van der Waals surface area (Å²) in [7, 11) is 0. The van der Waals surface area contributed by atoms with Crippen LogP contribution in [-0.4, -0.2) is 40.8 Å². The molecule has 0 fully saturated rings. The zero-order chi connectivity index (χ0) is 7.98. The van der Waals surface area contributed by atoms with Crippen LogP contribution in [0, 0.1) is 0 Å². The molecule has 0 aliphatic rings. The number of ether oxygens (including phenoxy) is 1. The lowest BCUT2D eigenvalue weighted by atomic mass is 10.3. The summed E-state index contributed by atoms with van der Waals surface area (Å²) in [6, 6.07) is 0. The van der Waals surface area contributed by atoms with E-state index in [0.29, 0.717) is 0 Å². The number of carbonyl (C=O) groups is 1. The average molecular weight is 150 g/mol. The Balaban J connectivity index is 3.11. The number of aliphatic hydroxyl groups excluding tert-OH is 2. The second kappa shape index (κ2) is 5.01. The standard InChI is InChI=1S/C5H10O5/c6-3-4(7)1-2-10-5(8)9/h4,6-7H,1-3H2,(H,8,9)/t4-/m0/s1. The van der Waals surface area contributed by atoms with Crippen LogP contribution in [0.2, 0.25) is 0 Å². The van der Waals surface area contributed by atoms with Gasteiger partial charge in [0.15, 0.2) is 0 Å². The summed E-state index contributed by atoms with van der Waals surface area (Å²) in [5, 5.41) is 24.8. The number of carboxylic acid groups (broad SMARTS) is 1. The molecule has 0 amide bonds. The van der Waals surface area contributed by atoms with E-state index in [0.717, 1.165) is 0 Å². The van der Waals surface area contributed by atoms with Crippen LogP contribution in [0.5, 0.6) is 0 Å². The van der Waals surface area contributed by atoms with E-state index in [1.165, 1.54) is 0 Å². The zero-order valence-corrected chi connectivity index (χ0v) is 5.36. The van der Waals surface area contributed by atoms with Crippen LogP contribution in [0.3, 0.4) is 0 Å². The maximum atomic E-state index is 9.70. The Labute approximate surface area is 57.9 Å². The van der Waals surface area contributed by atoms with Gasteiger partial charge in [-0.25, -0.2) is 4.79 Å². The van der Waals surface area contributed by atoms with Crippen molar-refractivity contribution in [1.82, 2.24) is 0 Å². The summed E-state index contributed by atoms with van der Waals surface area (Å²) >= 11 is 0. The molecule has 0 bridgehead atoms. The van der Waals surface area contributed by atoms with Crippen molar-refractivity contribution in [3.8, 4) is 0 Å². The van der Waals surface area contributed by atoms with E-state index < -0.39 is 12.3 Å². The van der Waals surface area contributed by atoms with Crippen LogP contribution >= 0.6 is 0 Å². The molecule has 1 atom stereocenters. The Morgan fingerprint density at radius 1 is 1.60 bits per heavy atom. The quantitative estimate of drug-likeness (QED) is 0.467. The fourth-order valence-electron chi connectivity index (χ4n) is 0.374. The van der Waals surface area contributed by atoms with E-state index >= 15 is 0 Å². The highest BCUT2D eigenvalue weighted by Crippen LogP contribution is 1.90. The molecule has 0 radical (unpaired) electrons. The summed E-state index contributed by atoms with van der Waals surface area (Å²) in [6.07, 6.45) is -2.13. The predicted molar refractivity (Wildman–Crippen MR) is 31.7 cm³/mol. The molecule has 0 aromatic heterocycles. The molecule has 0 aromatic carbocycles. The highest BCUT2D eigenvalue weighted by molar-refractivity contribution is 5.56. The molecule has 0 unspecified atom stereocenters. The minimum Gasteiger partial charge on any atom is -0.450 e. The van der Waals surface area contributed by atoms with Crippen molar-refractivity contribution in [3.05, 3.63) is 0 Å². The summed E-state index contributed by atoms with van der Waals surface area (Å²) in [5.41, 5.74) is 0. The van der Waals surface area contributed by atoms with Crippen LogP contribution in [0.4, 0.5) is 4.79 Å². The van der Waals surface area contributed by atoms with Crippen LogP contribution in [0.25, 0.3) is 0 Å². The summed E-state index contributed by atoms with van der Waals surface area (Å²) in [5.74, 6) is 0. The van der Waals surface area contributed by atoms with Crippen molar-refractivity contribution in [2.45, 2.75) is 12.5 Å². The highest BCUT2D eigenvalue weighted by Gasteiger charge is 2.02. The van der Waals surface area contributed by atoms with Gasteiger partial charge in [0.1, 0.15) is 0 Å². The van der Waals surface area contributed by atoms with E-state index in [1.54, 1.807) is 0 Å². The monoisotopic (exact) mass is 150 g/mol. The Morgan fingerprint density at radius 3 is 2.60 bits per heavy atom. The lowest BCUT2D eigenvalue weighted by Gasteiger charge is -2.04. The third kappa shape index (κ3) is 5.33. The van der Waals surface area contributed by atoms with Gasteiger partial charge >= 0.3 is 6.16 Å². The molecule has 60 valence electrons. The summed E-state index contributed by atoms with van der Waals surface area (Å²) in [4.78, 5) is 9.70. The Kier molecular flexibility index (Phi) is 4.61. The fraction of sp³-hybridized carbons (Fsp3) is 0.800. The molecular formula is C5H10O5. The van der Waals surface area contributed by atoms with Crippen LogP contribution in [0.1, 0.15) is 6.42 Å². The maximum Gasteiger partial charge on any atom is 0.505 e. The normalized spacial score (nSPS) is 12.6. The van der Waals surface area contributed by atoms with Crippen LogP contribution < -0.4 is 0 Å².